The second kappa shape index (κ2) is 2.95. The first-order valence-electron chi connectivity index (χ1n) is 4.66. The predicted molar refractivity (Wildman–Crippen MR) is 51.2 cm³/mol. The molecule has 1 aliphatic heterocycles. The van der Waals surface area contributed by atoms with Gasteiger partial charge in [-0.2, -0.15) is 0 Å². The van der Waals surface area contributed by atoms with Gasteiger partial charge in [0.15, 0.2) is 0 Å². The van der Waals surface area contributed by atoms with E-state index in [2.05, 4.69) is 13.8 Å². The molecule has 2 atom stereocenters. The average Bonchev–Trinajstić information content (AvgIpc) is 2.06. The van der Waals surface area contributed by atoms with Crippen molar-refractivity contribution in [2.75, 3.05) is 0 Å². The first-order valence-corrected chi connectivity index (χ1v) is 4.66. The van der Waals surface area contributed by atoms with Gasteiger partial charge in [-0.1, -0.05) is 6.92 Å². The van der Waals surface area contributed by atoms with Crippen molar-refractivity contribution in [3.05, 3.63) is 23.8 Å². The Balaban J connectivity index is 2.43. The van der Waals surface area contributed by atoms with Crippen molar-refractivity contribution in [1.82, 2.24) is 0 Å². The maximum Gasteiger partial charge on any atom is 0.123 e. The predicted octanol–water partition coefficient (Wildman–Crippen LogP) is 2.67. The highest BCUT2D eigenvalue weighted by Crippen LogP contribution is 2.37. The number of ether oxygens (including phenoxy) is 1. The van der Waals surface area contributed by atoms with Crippen molar-refractivity contribution in [1.29, 1.82) is 0 Å². The molecule has 0 saturated carbocycles. The molecule has 1 aliphatic rings. The Kier molecular flexibility index (Phi) is 1.91. The van der Waals surface area contributed by atoms with E-state index in [-0.39, 0.29) is 6.10 Å². The van der Waals surface area contributed by atoms with Crippen LogP contribution in [0.3, 0.4) is 0 Å². The van der Waals surface area contributed by atoms with Crippen LogP contribution < -0.4 is 4.74 Å². The third kappa shape index (κ3) is 1.48. The molecule has 0 amide bonds. The second-order valence-corrected chi connectivity index (χ2v) is 3.79. The summed E-state index contributed by atoms with van der Waals surface area (Å²) >= 11 is 0. The van der Waals surface area contributed by atoms with Gasteiger partial charge in [-0.25, -0.2) is 0 Å². The van der Waals surface area contributed by atoms with E-state index in [9.17, 15) is 5.11 Å². The van der Waals surface area contributed by atoms with E-state index in [1.54, 1.807) is 12.1 Å². The fourth-order valence-electron chi connectivity index (χ4n) is 1.92. The monoisotopic (exact) mass is 178 g/mol. The van der Waals surface area contributed by atoms with Gasteiger partial charge >= 0.3 is 0 Å². The van der Waals surface area contributed by atoms with E-state index < -0.39 is 0 Å². The Bertz CT molecular complexity index is 320. The zero-order valence-corrected chi connectivity index (χ0v) is 7.95. The Morgan fingerprint density at radius 3 is 2.92 bits per heavy atom. The standard InChI is InChI=1S/C11H14O2/c1-7-5-8(2)13-11-4-3-9(12)6-10(7)11/h3-4,6-8,12H,5H2,1-2H3/t7-,8?/m0/s1. The quantitative estimate of drug-likeness (QED) is 0.661. The Morgan fingerprint density at radius 2 is 2.15 bits per heavy atom. The molecule has 0 radical (unpaired) electrons. The summed E-state index contributed by atoms with van der Waals surface area (Å²) in [4.78, 5) is 0. The molecule has 2 heteroatoms. The molecule has 2 nitrogen and oxygen atoms in total. The highest BCUT2D eigenvalue weighted by Gasteiger charge is 2.22. The number of phenols is 1. The minimum atomic E-state index is 0.284. The van der Waals surface area contributed by atoms with Crippen LogP contribution in [-0.2, 0) is 0 Å². The number of aromatic hydroxyl groups is 1. The molecule has 0 saturated heterocycles. The van der Waals surface area contributed by atoms with Gasteiger partial charge in [0.25, 0.3) is 0 Å². The van der Waals surface area contributed by atoms with Gasteiger partial charge in [0.05, 0.1) is 6.10 Å². The van der Waals surface area contributed by atoms with E-state index in [1.807, 2.05) is 6.07 Å². The summed E-state index contributed by atoms with van der Waals surface area (Å²) in [6.07, 6.45) is 1.31. The van der Waals surface area contributed by atoms with E-state index in [4.69, 9.17) is 4.74 Å². The summed E-state index contributed by atoms with van der Waals surface area (Å²) in [6.45, 7) is 4.24. The molecule has 1 N–H and O–H groups in total. The van der Waals surface area contributed by atoms with E-state index in [1.165, 1.54) is 0 Å². The van der Waals surface area contributed by atoms with Gasteiger partial charge in [0.2, 0.25) is 0 Å². The number of phenolic OH excluding ortho intramolecular Hbond substituents is 1. The first-order chi connectivity index (χ1) is 6.16. The zero-order valence-electron chi connectivity index (χ0n) is 7.95. The van der Waals surface area contributed by atoms with Crippen LogP contribution in [0.25, 0.3) is 0 Å². The molecule has 1 aromatic carbocycles. The van der Waals surface area contributed by atoms with Crippen molar-refractivity contribution >= 4 is 0 Å². The SMILES string of the molecule is CC1C[C@H](C)c2cc(O)ccc2O1. The Hall–Kier alpha value is -1.18. The summed E-state index contributed by atoms with van der Waals surface area (Å²) in [7, 11) is 0. The van der Waals surface area contributed by atoms with Gasteiger partial charge < -0.3 is 9.84 Å². The molecule has 1 unspecified atom stereocenters. The smallest absolute Gasteiger partial charge is 0.123 e. The van der Waals surface area contributed by atoms with E-state index in [0.717, 1.165) is 17.7 Å². The fraction of sp³-hybridized carbons (Fsp3) is 0.455. The highest BCUT2D eigenvalue weighted by atomic mass is 16.5. The number of fused-ring (bicyclic) bond motifs is 1. The Morgan fingerprint density at radius 1 is 1.38 bits per heavy atom. The first kappa shape index (κ1) is 8.42. The Labute approximate surface area is 78.2 Å². The van der Waals surface area contributed by atoms with Gasteiger partial charge in [-0.15, -0.1) is 0 Å². The lowest BCUT2D eigenvalue weighted by Crippen LogP contribution is -2.21. The lowest BCUT2D eigenvalue weighted by atomic mass is 9.92. The number of benzene rings is 1. The minimum absolute atomic E-state index is 0.284. The van der Waals surface area contributed by atoms with Crippen LogP contribution in [0.2, 0.25) is 0 Å². The third-order valence-electron chi connectivity index (χ3n) is 2.54. The average molecular weight is 178 g/mol. The summed E-state index contributed by atoms with van der Waals surface area (Å²) in [5, 5.41) is 9.32. The van der Waals surface area contributed by atoms with Crippen molar-refractivity contribution < 1.29 is 9.84 Å². The molecule has 2 rings (SSSR count). The molecule has 0 fully saturated rings. The van der Waals surface area contributed by atoms with Crippen molar-refractivity contribution in [2.45, 2.75) is 32.3 Å². The molecule has 0 bridgehead atoms. The topological polar surface area (TPSA) is 29.5 Å². The van der Waals surface area contributed by atoms with Crippen molar-refractivity contribution in [3.8, 4) is 11.5 Å². The number of hydrogen-bond acceptors (Lipinski definition) is 2. The molecule has 70 valence electrons. The molecular formula is C11H14O2. The molecular weight excluding hydrogens is 164 g/mol. The maximum atomic E-state index is 9.32. The number of hydrogen-bond donors (Lipinski definition) is 1. The maximum absolute atomic E-state index is 9.32. The minimum Gasteiger partial charge on any atom is -0.508 e. The third-order valence-corrected chi connectivity index (χ3v) is 2.54. The van der Waals surface area contributed by atoms with E-state index >= 15 is 0 Å². The van der Waals surface area contributed by atoms with Crippen LogP contribution in [0, 0.1) is 0 Å². The van der Waals surface area contributed by atoms with E-state index in [0.29, 0.717) is 11.7 Å². The van der Waals surface area contributed by atoms with Gasteiger partial charge in [0.1, 0.15) is 11.5 Å². The molecule has 1 aromatic rings. The summed E-state index contributed by atoms with van der Waals surface area (Å²) in [6, 6.07) is 5.31. The van der Waals surface area contributed by atoms with Crippen molar-refractivity contribution in [2.24, 2.45) is 0 Å². The van der Waals surface area contributed by atoms with Crippen molar-refractivity contribution in [3.63, 3.8) is 0 Å². The van der Waals surface area contributed by atoms with Gasteiger partial charge in [-0.05, 0) is 37.5 Å². The molecule has 0 aliphatic carbocycles. The summed E-state index contributed by atoms with van der Waals surface area (Å²) < 4.78 is 5.65. The molecule has 0 spiro atoms. The van der Waals surface area contributed by atoms with Crippen LogP contribution in [-0.4, -0.2) is 11.2 Å². The van der Waals surface area contributed by atoms with Crippen LogP contribution in [0.4, 0.5) is 0 Å². The van der Waals surface area contributed by atoms with Crippen LogP contribution in [0.15, 0.2) is 18.2 Å². The van der Waals surface area contributed by atoms with Gasteiger partial charge in [0, 0.05) is 5.56 Å². The molecule has 0 aromatic heterocycles. The highest BCUT2D eigenvalue weighted by molar-refractivity contribution is 5.43. The second-order valence-electron chi connectivity index (χ2n) is 3.79. The largest absolute Gasteiger partial charge is 0.508 e. The van der Waals surface area contributed by atoms with Crippen LogP contribution >= 0.6 is 0 Å². The zero-order chi connectivity index (χ0) is 9.42. The molecule has 13 heavy (non-hydrogen) atoms. The fourth-order valence-corrected chi connectivity index (χ4v) is 1.92. The summed E-state index contributed by atoms with van der Waals surface area (Å²) in [5.74, 6) is 1.72. The lowest BCUT2D eigenvalue weighted by molar-refractivity contribution is 0.179. The van der Waals surface area contributed by atoms with Gasteiger partial charge in [-0.3, -0.25) is 0 Å². The normalized spacial score (nSPS) is 26.3. The number of rotatable bonds is 0. The lowest BCUT2D eigenvalue weighted by Gasteiger charge is -2.28. The summed E-state index contributed by atoms with van der Waals surface area (Å²) in [5.41, 5.74) is 1.12. The molecule has 1 heterocycles. The van der Waals surface area contributed by atoms with Crippen LogP contribution in [0.1, 0.15) is 31.7 Å². The van der Waals surface area contributed by atoms with Crippen LogP contribution in [0.5, 0.6) is 11.5 Å².